The van der Waals surface area contributed by atoms with E-state index in [1.165, 1.54) is 6.42 Å². The standard InChI is InChI=1S/C15H24N2O/c1-3-9-17-10-4-6-15(18,7-11-17)14-12-16-8-5-13(14)2/h5,8,12,18H,3-4,6-7,9-11H2,1-2H3. The van der Waals surface area contributed by atoms with Crippen LogP contribution in [0.3, 0.4) is 0 Å². The molecular weight excluding hydrogens is 224 g/mol. The second kappa shape index (κ2) is 5.81. The number of aliphatic hydroxyl groups is 1. The number of hydrogen-bond acceptors (Lipinski definition) is 3. The Kier molecular flexibility index (Phi) is 4.36. The molecule has 0 saturated carbocycles. The summed E-state index contributed by atoms with van der Waals surface area (Å²) in [6.45, 7) is 7.50. The summed E-state index contributed by atoms with van der Waals surface area (Å²) in [4.78, 5) is 6.64. The van der Waals surface area contributed by atoms with Crippen LogP contribution in [-0.4, -0.2) is 34.6 Å². The van der Waals surface area contributed by atoms with E-state index in [1.54, 1.807) is 6.20 Å². The maximum Gasteiger partial charge on any atom is 0.0926 e. The van der Waals surface area contributed by atoms with Crippen molar-refractivity contribution in [2.75, 3.05) is 19.6 Å². The summed E-state index contributed by atoms with van der Waals surface area (Å²) in [6, 6.07) is 1.99. The number of pyridine rings is 1. The number of likely N-dealkylation sites (tertiary alicyclic amines) is 1. The minimum Gasteiger partial charge on any atom is -0.385 e. The molecule has 1 saturated heterocycles. The van der Waals surface area contributed by atoms with E-state index in [4.69, 9.17) is 0 Å². The topological polar surface area (TPSA) is 36.4 Å². The average Bonchev–Trinajstić information content (AvgIpc) is 2.54. The fourth-order valence-corrected chi connectivity index (χ4v) is 2.94. The zero-order valence-electron chi connectivity index (χ0n) is 11.5. The molecule has 2 rings (SSSR count). The Morgan fingerprint density at radius 3 is 2.94 bits per heavy atom. The van der Waals surface area contributed by atoms with Gasteiger partial charge in [0.25, 0.3) is 0 Å². The number of aromatic nitrogens is 1. The van der Waals surface area contributed by atoms with Crippen molar-refractivity contribution in [2.24, 2.45) is 0 Å². The van der Waals surface area contributed by atoms with Crippen molar-refractivity contribution in [1.82, 2.24) is 9.88 Å². The Balaban J connectivity index is 2.14. The molecule has 0 spiro atoms. The number of rotatable bonds is 3. The van der Waals surface area contributed by atoms with Crippen LogP contribution in [0.2, 0.25) is 0 Å². The molecule has 1 aliphatic rings. The van der Waals surface area contributed by atoms with Gasteiger partial charge in [-0.3, -0.25) is 4.98 Å². The summed E-state index contributed by atoms with van der Waals surface area (Å²) in [6.07, 6.45) is 7.54. The lowest BCUT2D eigenvalue weighted by Crippen LogP contribution is -2.30. The molecule has 1 atom stereocenters. The molecule has 1 fully saturated rings. The SMILES string of the molecule is CCCN1CCCC(O)(c2cnccc2C)CC1. The van der Waals surface area contributed by atoms with Crippen molar-refractivity contribution in [3.05, 3.63) is 29.6 Å². The van der Waals surface area contributed by atoms with Crippen molar-refractivity contribution >= 4 is 0 Å². The molecule has 1 aliphatic heterocycles. The van der Waals surface area contributed by atoms with Gasteiger partial charge in [0.1, 0.15) is 0 Å². The van der Waals surface area contributed by atoms with E-state index in [0.717, 1.165) is 50.0 Å². The molecule has 0 radical (unpaired) electrons. The molecule has 1 aromatic rings. The van der Waals surface area contributed by atoms with Gasteiger partial charge in [-0.2, -0.15) is 0 Å². The number of hydrogen-bond donors (Lipinski definition) is 1. The van der Waals surface area contributed by atoms with Gasteiger partial charge in [0.05, 0.1) is 5.60 Å². The van der Waals surface area contributed by atoms with Gasteiger partial charge in [0.15, 0.2) is 0 Å². The van der Waals surface area contributed by atoms with Crippen LogP contribution in [0.4, 0.5) is 0 Å². The van der Waals surface area contributed by atoms with Gasteiger partial charge in [-0.05, 0) is 57.3 Å². The summed E-state index contributed by atoms with van der Waals surface area (Å²) in [7, 11) is 0. The van der Waals surface area contributed by atoms with Gasteiger partial charge < -0.3 is 10.0 Å². The molecule has 0 amide bonds. The molecule has 100 valence electrons. The predicted octanol–water partition coefficient (Wildman–Crippen LogP) is 2.47. The minimum absolute atomic E-state index is 0.680. The highest BCUT2D eigenvalue weighted by Crippen LogP contribution is 2.34. The Labute approximate surface area is 110 Å². The van der Waals surface area contributed by atoms with E-state index in [-0.39, 0.29) is 0 Å². The monoisotopic (exact) mass is 248 g/mol. The quantitative estimate of drug-likeness (QED) is 0.892. The molecule has 0 aliphatic carbocycles. The van der Waals surface area contributed by atoms with E-state index in [9.17, 15) is 5.11 Å². The highest BCUT2D eigenvalue weighted by atomic mass is 16.3. The zero-order chi connectivity index (χ0) is 13.0. The van der Waals surface area contributed by atoms with Gasteiger partial charge in [-0.25, -0.2) is 0 Å². The first-order chi connectivity index (χ1) is 8.65. The lowest BCUT2D eigenvalue weighted by molar-refractivity contribution is 0.0203. The maximum atomic E-state index is 10.9. The van der Waals surface area contributed by atoms with E-state index >= 15 is 0 Å². The van der Waals surface area contributed by atoms with Crippen LogP contribution in [0.1, 0.15) is 43.7 Å². The van der Waals surface area contributed by atoms with Crippen molar-refractivity contribution in [2.45, 2.75) is 45.1 Å². The summed E-state index contributed by atoms with van der Waals surface area (Å²) in [5.74, 6) is 0. The second-order valence-corrected chi connectivity index (χ2v) is 5.42. The Bertz CT molecular complexity index is 394. The fraction of sp³-hybridized carbons (Fsp3) is 0.667. The third-order valence-electron chi connectivity index (χ3n) is 3.99. The number of aryl methyl sites for hydroxylation is 1. The van der Waals surface area contributed by atoms with Gasteiger partial charge in [0.2, 0.25) is 0 Å². The zero-order valence-corrected chi connectivity index (χ0v) is 11.5. The van der Waals surface area contributed by atoms with Crippen LogP contribution in [0.25, 0.3) is 0 Å². The summed E-state index contributed by atoms with van der Waals surface area (Å²) >= 11 is 0. The minimum atomic E-state index is -0.680. The lowest BCUT2D eigenvalue weighted by atomic mass is 9.85. The molecule has 2 heterocycles. The predicted molar refractivity (Wildman–Crippen MR) is 73.5 cm³/mol. The maximum absolute atomic E-state index is 10.9. The molecule has 18 heavy (non-hydrogen) atoms. The van der Waals surface area contributed by atoms with E-state index in [0.29, 0.717) is 0 Å². The normalized spacial score (nSPS) is 25.9. The Morgan fingerprint density at radius 2 is 2.22 bits per heavy atom. The highest BCUT2D eigenvalue weighted by molar-refractivity contribution is 5.28. The first-order valence-electron chi connectivity index (χ1n) is 7.01. The van der Waals surface area contributed by atoms with Gasteiger partial charge in [-0.15, -0.1) is 0 Å². The first-order valence-corrected chi connectivity index (χ1v) is 7.01. The lowest BCUT2D eigenvalue weighted by Gasteiger charge is -2.28. The van der Waals surface area contributed by atoms with Crippen LogP contribution < -0.4 is 0 Å². The molecule has 1 unspecified atom stereocenters. The third kappa shape index (κ3) is 2.90. The Morgan fingerprint density at radius 1 is 1.39 bits per heavy atom. The molecule has 1 N–H and O–H groups in total. The van der Waals surface area contributed by atoms with Crippen LogP contribution in [-0.2, 0) is 5.60 Å². The Hall–Kier alpha value is -0.930. The fourth-order valence-electron chi connectivity index (χ4n) is 2.94. The summed E-state index contributed by atoms with van der Waals surface area (Å²) in [5, 5.41) is 10.9. The first kappa shape index (κ1) is 13.5. The highest BCUT2D eigenvalue weighted by Gasteiger charge is 2.33. The largest absolute Gasteiger partial charge is 0.385 e. The average molecular weight is 248 g/mol. The molecule has 3 heteroatoms. The summed E-state index contributed by atoms with van der Waals surface area (Å²) in [5.41, 5.74) is 1.49. The van der Waals surface area contributed by atoms with Crippen LogP contribution >= 0.6 is 0 Å². The van der Waals surface area contributed by atoms with Crippen molar-refractivity contribution in [1.29, 1.82) is 0 Å². The van der Waals surface area contributed by atoms with Crippen LogP contribution in [0.5, 0.6) is 0 Å². The number of nitrogens with zero attached hydrogens (tertiary/aromatic N) is 2. The van der Waals surface area contributed by atoms with E-state index < -0.39 is 5.60 Å². The third-order valence-corrected chi connectivity index (χ3v) is 3.99. The molecule has 3 nitrogen and oxygen atoms in total. The molecule has 1 aromatic heterocycles. The van der Waals surface area contributed by atoms with Crippen molar-refractivity contribution < 1.29 is 5.11 Å². The smallest absolute Gasteiger partial charge is 0.0926 e. The van der Waals surface area contributed by atoms with E-state index in [2.05, 4.69) is 23.7 Å². The van der Waals surface area contributed by atoms with Gasteiger partial charge in [-0.1, -0.05) is 6.92 Å². The molecule has 0 aromatic carbocycles. The molecular formula is C15H24N2O. The van der Waals surface area contributed by atoms with Crippen molar-refractivity contribution in [3.63, 3.8) is 0 Å². The van der Waals surface area contributed by atoms with Crippen molar-refractivity contribution in [3.8, 4) is 0 Å². The summed E-state index contributed by atoms with van der Waals surface area (Å²) < 4.78 is 0. The van der Waals surface area contributed by atoms with Crippen LogP contribution in [0, 0.1) is 6.92 Å². The van der Waals surface area contributed by atoms with Crippen LogP contribution in [0.15, 0.2) is 18.5 Å². The molecule has 0 bridgehead atoms. The van der Waals surface area contributed by atoms with Gasteiger partial charge >= 0.3 is 0 Å². The second-order valence-electron chi connectivity index (χ2n) is 5.42. The van der Waals surface area contributed by atoms with E-state index in [1.807, 2.05) is 12.3 Å². The van der Waals surface area contributed by atoms with Gasteiger partial charge in [0, 0.05) is 24.5 Å².